The predicted octanol–water partition coefficient (Wildman–Crippen LogP) is 3.38. The van der Waals surface area contributed by atoms with Gasteiger partial charge >= 0.3 is 0 Å². The molecule has 0 atom stereocenters. The second-order valence-corrected chi connectivity index (χ2v) is 3.32. The minimum absolute atomic E-state index is 0.887. The van der Waals surface area contributed by atoms with Crippen LogP contribution in [0.5, 0.6) is 0 Å². The Hall–Kier alpha value is -0.760. The summed E-state index contributed by atoms with van der Waals surface area (Å²) >= 11 is 3.38. The Balaban J connectivity index is 2.87. The highest BCUT2D eigenvalue weighted by molar-refractivity contribution is 9.10. The summed E-state index contributed by atoms with van der Waals surface area (Å²) in [7, 11) is 0. The Labute approximate surface area is 73.1 Å². The zero-order valence-electron chi connectivity index (χ0n) is 5.80. The predicted molar refractivity (Wildman–Crippen MR) is 48.4 cm³/mol. The van der Waals surface area contributed by atoms with E-state index in [4.69, 9.17) is 4.42 Å². The molecular weight excluding hydrogens is 204 g/mol. The van der Waals surface area contributed by atoms with Crippen LogP contribution in [0.3, 0.4) is 0 Å². The zero-order chi connectivity index (χ0) is 7.84. The van der Waals surface area contributed by atoms with Crippen LogP contribution in [0, 0.1) is 6.92 Å². The number of hydrogen-bond acceptors (Lipinski definition) is 1. The maximum absolute atomic E-state index is 5.22. The van der Waals surface area contributed by atoms with Gasteiger partial charge < -0.3 is 4.42 Å². The van der Waals surface area contributed by atoms with Gasteiger partial charge in [0, 0.05) is 9.86 Å². The number of furan rings is 1. The van der Waals surface area contributed by atoms with E-state index in [0.717, 1.165) is 21.0 Å². The van der Waals surface area contributed by atoms with Crippen LogP contribution < -0.4 is 0 Å². The molecule has 2 heteroatoms. The summed E-state index contributed by atoms with van der Waals surface area (Å²) in [6, 6.07) is 5.88. The van der Waals surface area contributed by atoms with Gasteiger partial charge in [0.1, 0.15) is 5.58 Å². The van der Waals surface area contributed by atoms with Crippen molar-refractivity contribution in [1.82, 2.24) is 0 Å². The van der Waals surface area contributed by atoms with Crippen LogP contribution in [-0.2, 0) is 0 Å². The normalized spacial score (nSPS) is 10.7. The molecule has 0 unspecified atom stereocenters. The number of rotatable bonds is 0. The van der Waals surface area contributed by atoms with Crippen LogP contribution in [-0.4, -0.2) is 0 Å². The molecule has 1 heterocycles. The van der Waals surface area contributed by atoms with Crippen LogP contribution in [0.4, 0.5) is 0 Å². The molecule has 55 valence electrons. The average Bonchev–Trinajstić information content (AvgIpc) is 2.33. The fourth-order valence-electron chi connectivity index (χ4n) is 1.05. The van der Waals surface area contributed by atoms with E-state index < -0.39 is 0 Å². The lowest BCUT2D eigenvalue weighted by Crippen LogP contribution is -1.67. The lowest BCUT2D eigenvalue weighted by atomic mass is 10.2. The molecule has 11 heavy (non-hydrogen) atoms. The van der Waals surface area contributed by atoms with E-state index >= 15 is 0 Å². The van der Waals surface area contributed by atoms with Crippen molar-refractivity contribution in [2.45, 2.75) is 0 Å². The topological polar surface area (TPSA) is 13.1 Å². The Kier molecular flexibility index (Phi) is 1.50. The minimum Gasteiger partial charge on any atom is -0.464 e. The standard InChI is InChI=1S/C9H6BrO/c1-6-5-11-9-3-2-7(10)4-8(6)9/h2-5H,1H2. The highest BCUT2D eigenvalue weighted by atomic mass is 79.9. The van der Waals surface area contributed by atoms with E-state index in [1.165, 1.54) is 0 Å². The third kappa shape index (κ3) is 1.07. The summed E-state index contributed by atoms with van der Waals surface area (Å²) in [5.74, 6) is 0. The first-order valence-corrected chi connectivity index (χ1v) is 4.05. The smallest absolute Gasteiger partial charge is 0.134 e. The van der Waals surface area contributed by atoms with Gasteiger partial charge in [-0.2, -0.15) is 0 Å². The summed E-state index contributed by atoms with van der Waals surface area (Å²) in [5, 5.41) is 1.07. The Morgan fingerprint density at radius 3 is 3.00 bits per heavy atom. The van der Waals surface area contributed by atoms with Crippen LogP contribution in [0.1, 0.15) is 5.56 Å². The summed E-state index contributed by atoms with van der Waals surface area (Å²) in [6.45, 7) is 3.84. The number of hydrogen-bond donors (Lipinski definition) is 0. The fraction of sp³-hybridized carbons (Fsp3) is 0. The monoisotopic (exact) mass is 209 g/mol. The van der Waals surface area contributed by atoms with Gasteiger partial charge in [-0.05, 0) is 30.7 Å². The van der Waals surface area contributed by atoms with Gasteiger partial charge in [0.2, 0.25) is 0 Å². The summed E-state index contributed by atoms with van der Waals surface area (Å²) in [4.78, 5) is 0. The lowest BCUT2D eigenvalue weighted by Gasteiger charge is -1.89. The second kappa shape index (κ2) is 2.38. The summed E-state index contributed by atoms with van der Waals surface area (Å²) in [6.07, 6.45) is 1.66. The molecule has 0 spiro atoms. The molecule has 0 saturated carbocycles. The van der Waals surface area contributed by atoms with Crippen molar-refractivity contribution in [2.24, 2.45) is 0 Å². The van der Waals surface area contributed by atoms with E-state index in [1.807, 2.05) is 18.2 Å². The average molecular weight is 210 g/mol. The molecule has 0 fully saturated rings. The van der Waals surface area contributed by atoms with Crippen molar-refractivity contribution in [3.8, 4) is 0 Å². The Morgan fingerprint density at radius 1 is 1.36 bits per heavy atom. The Bertz CT molecular complexity index is 389. The Morgan fingerprint density at radius 2 is 2.18 bits per heavy atom. The van der Waals surface area contributed by atoms with E-state index in [9.17, 15) is 0 Å². The van der Waals surface area contributed by atoms with E-state index in [0.29, 0.717) is 0 Å². The van der Waals surface area contributed by atoms with Crippen LogP contribution in [0.25, 0.3) is 11.0 Å². The SMILES string of the molecule is [CH2]c1coc2ccc(Br)cc12. The molecule has 2 aromatic rings. The van der Waals surface area contributed by atoms with E-state index in [2.05, 4.69) is 22.9 Å². The van der Waals surface area contributed by atoms with Crippen molar-refractivity contribution in [1.29, 1.82) is 0 Å². The lowest BCUT2D eigenvalue weighted by molar-refractivity contribution is 0.614. The fourth-order valence-corrected chi connectivity index (χ4v) is 1.42. The van der Waals surface area contributed by atoms with Gasteiger partial charge in [-0.1, -0.05) is 15.9 Å². The molecule has 0 saturated heterocycles. The first-order valence-electron chi connectivity index (χ1n) is 3.26. The van der Waals surface area contributed by atoms with Crippen LogP contribution in [0.15, 0.2) is 33.4 Å². The molecule has 1 aromatic heterocycles. The molecule has 0 aliphatic heterocycles. The number of fused-ring (bicyclic) bond motifs is 1. The van der Waals surface area contributed by atoms with Crippen LogP contribution >= 0.6 is 15.9 Å². The van der Waals surface area contributed by atoms with Crippen molar-refractivity contribution in [2.75, 3.05) is 0 Å². The van der Waals surface area contributed by atoms with Gasteiger partial charge in [0.05, 0.1) is 6.26 Å². The quantitative estimate of drug-likeness (QED) is 0.649. The van der Waals surface area contributed by atoms with E-state index in [1.54, 1.807) is 6.26 Å². The molecular formula is C9H6BrO. The van der Waals surface area contributed by atoms with Gasteiger partial charge in [-0.25, -0.2) is 0 Å². The number of benzene rings is 1. The van der Waals surface area contributed by atoms with Gasteiger partial charge in [-0.15, -0.1) is 0 Å². The van der Waals surface area contributed by atoms with Crippen molar-refractivity contribution >= 4 is 26.9 Å². The highest BCUT2D eigenvalue weighted by Crippen LogP contribution is 2.23. The maximum atomic E-state index is 5.22. The summed E-state index contributed by atoms with van der Waals surface area (Å²) < 4.78 is 6.27. The van der Waals surface area contributed by atoms with E-state index in [-0.39, 0.29) is 0 Å². The van der Waals surface area contributed by atoms with Crippen molar-refractivity contribution in [3.05, 3.63) is 41.4 Å². The maximum Gasteiger partial charge on any atom is 0.134 e. The third-order valence-electron chi connectivity index (χ3n) is 1.62. The zero-order valence-corrected chi connectivity index (χ0v) is 7.39. The number of halogens is 1. The highest BCUT2D eigenvalue weighted by Gasteiger charge is 2.00. The van der Waals surface area contributed by atoms with Gasteiger partial charge in [0.15, 0.2) is 0 Å². The molecule has 1 aromatic carbocycles. The molecule has 1 radical (unpaired) electrons. The molecule has 0 N–H and O–H groups in total. The molecule has 2 rings (SSSR count). The van der Waals surface area contributed by atoms with Crippen molar-refractivity contribution in [3.63, 3.8) is 0 Å². The van der Waals surface area contributed by atoms with Crippen LogP contribution in [0.2, 0.25) is 0 Å². The molecule has 0 bridgehead atoms. The minimum atomic E-state index is 0.887. The second-order valence-electron chi connectivity index (χ2n) is 2.40. The molecule has 0 aliphatic carbocycles. The molecule has 1 nitrogen and oxygen atoms in total. The molecule has 0 amide bonds. The summed E-state index contributed by atoms with van der Waals surface area (Å²) in [5.41, 5.74) is 1.82. The largest absolute Gasteiger partial charge is 0.464 e. The third-order valence-corrected chi connectivity index (χ3v) is 2.11. The first kappa shape index (κ1) is 6.92. The van der Waals surface area contributed by atoms with Gasteiger partial charge in [-0.3, -0.25) is 0 Å². The van der Waals surface area contributed by atoms with Gasteiger partial charge in [0.25, 0.3) is 0 Å². The molecule has 0 aliphatic rings. The first-order chi connectivity index (χ1) is 5.27. The van der Waals surface area contributed by atoms with Crippen molar-refractivity contribution < 1.29 is 4.42 Å².